The van der Waals surface area contributed by atoms with E-state index >= 15 is 0 Å². The van der Waals surface area contributed by atoms with Crippen LogP contribution < -0.4 is 11.0 Å². The Hall–Kier alpha value is -3.13. The number of aromatic nitrogens is 6. The van der Waals surface area contributed by atoms with Crippen LogP contribution in [0.5, 0.6) is 0 Å². The quantitative estimate of drug-likeness (QED) is 0.474. The summed E-state index contributed by atoms with van der Waals surface area (Å²) < 4.78 is 1.59. The first-order chi connectivity index (χ1) is 13.1. The van der Waals surface area contributed by atoms with Gasteiger partial charge < -0.3 is 15.3 Å². The number of halogens is 1. The van der Waals surface area contributed by atoms with Gasteiger partial charge in [0.15, 0.2) is 5.65 Å². The van der Waals surface area contributed by atoms with Crippen LogP contribution in [0, 0.1) is 6.92 Å². The maximum Gasteiger partial charge on any atom is 0.328 e. The zero-order chi connectivity index (χ0) is 18.8. The molecule has 0 unspecified atom stereocenters. The van der Waals surface area contributed by atoms with Gasteiger partial charge >= 0.3 is 5.69 Å². The van der Waals surface area contributed by atoms with E-state index < -0.39 is 0 Å². The molecule has 4 rings (SSSR count). The molecular formula is C18H18ClN7O. The van der Waals surface area contributed by atoms with Crippen LogP contribution in [0.25, 0.3) is 11.2 Å². The number of fused-ring (bicyclic) bond motifs is 1. The summed E-state index contributed by atoms with van der Waals surface area (Å²) in [6.45, 7) is 3.02. The van der Waals surface area contributed by atoms with Crippen LogP contribution in [0.1, 0.15) is 16.8 Å². The molecule has 9 heteroatoms. The number of anilines is 1. The van der Waals surface area contributed by atoms with Gasteiger partial charge in [-0.3, -0.25) is 4.57 Å². The lowest BCUT2D eigenvalue weighted by molar-refractivity contribution is 0.773. The van der Waals surface area contributed by atoms with Crippen molar-refractivity contribution in [3.8, 4) is 0 Å². The minimum atomic E-state index is -0.228. The smallest absolute Gasteiger partial charge is 0.328 e. The lowest BCUT2D eigenvalue weighted by Gasteiger charge is -2.08. The van der Waals surface area contributed by atoms with Gasteiger partial charge in [0.05, 0.1) is 19.1 Å². The average Bonchev–Trinajstić information content (AvgIpc) is 3.27. The molecule has 1 aromatic carbocycles. The molecule has 138 valence electrons. The first-order valence-corrected chi connectivity index (χ1v) is 8.89. The number of imidazole rings is 2. The molecule has 3 aromatic heterocycles. The molecule has 0 amide bonds. The normalized spacial score (nSPS) is 11.2. The topological polar surface area (TPSA) is 104 Å². The number of aryl methyl sites for hydroxylation is 1. The molecule has 0 aliphatic heterocycles. The van der Waals surface area contributed by atoms with Crippen molar-refractivity contribution in [3.63, 3.8) is 0 Å². The number of hydrogen-bond donors (Lipinski definition) is 3. The van der Waals surface area contributed by atoms with Gasteiger partial charge in [0.25, 0.3) is 0 Å². The summed E-state index contributed by atoms with van der Waals surface area (Å²) in [7, 11) is 0. The van der Waals surface area contributed by atoms with Crippen LogP contribution in [0.15, 0.2) is 41.7 Å². The zero-order valence-corrected chi connectivity index (χ0v) is 15.4. The highest BCUT2D eigenvalue weighted by molar-refractivity contribution is 6.30. The highest BCUT2D eigenvalue weighted by Gasteiger charge is 2.12. The molecule has 0 bridgehead atoms. The van der Waals surface area contributed by atoms with Crippen molar-refractivity contribution < 1.29 is 0 Å². The van der Waals surface area contributed by atoms with E-state index in [1.54, 1.807) is 23.3 Å². The number of nitrogens with zero attached hydrogens (tertiary/aromatic N) is 4. The van der Waals surface area contributed by atoms with Crippen LogP contribution in [-0.4, -0.2) is 36.0 Å². The summed E-state index contributed by atoms with van der Waals surface area (Å²) in [5.74, 6) is 0.470. The molecule has 8 nitrogen and oxygen atoms in total. The van der Waals surface area contributed by atoms with Crippen molar-refractivity contribution in [2.45, 2.75) is 19.9 Å². The first kappa shape index (κ1) is 17.3. The fourth-order valence-corrected chi connectivity index (χ4v) is 3.08. The molecule has 0 atom stereocenters. The summed E-state index contributed by atoms with van der Waals surface area (Å²) in [5, 5.41) is 3.81. The Balaban J connectivity index is 1.59. The van der Waals surface area contributed by atoms with E-state index in [0.717, 1.165) is 23.2 Å². The van der Waals surface area contributed by atoms with Crippen molar-refractivity contribution in [2.24, 2.45) is 0 Å². The van der Waals surface area contributed by atoms with Gasteiger partial charge in [0, 0.05) is 29.9 Å². The van der Waals surface area contributed by atoms with Crippen LogP contribution in [-0.2, 0) is 13.0 Å². The Morgan fingerprint density at radius 1 is 1.30 bits per heavy atom. The minimum absolute atomic E-state index is 0.228. The van der Waals surface area contributed by atoms with Gasteiger partial charge in [0.1, 0.15) is 5.52 Å². The average molecular weight is 384 g/mol. The van der Waals surface area contributed by atoms with Gasteiger partial charge in [-0.25, -0.2) is 14.8 Å². The molecule has 3 N–H and O–H groups in total. The third-order valence-electron chi connectivity index (χ3n) is 4.38. The van der Waals surface area contributed by atoms with Crippen molar-refractivity contribution >= 4 is 28.7 Å². The standard InChI is InChI=1S/C18H18ClN7O/c1-11-2-3-13(19)6-12(11)9-26-16-15(24-18(26)27)8-22-17(25-16)21-5-4-14-7-20-10-23-14/h2-3,6-8,10H,4-5,9H2,1H3,(H,20,23)(H,24,27)(H,21,22,25). The molecule has 0 saturated heterocycles. The monoisotopic (exact) mass is 383 g/mol. The van der Waals surface area contributed by atoms with Gasteiger partial charge in [-0.15, -0.1) is 0 Å². The van der Waals surface area contributed by atoms with Crippen molar-refractivity contribution in [2.75, 3.05) is 11.9 Å². The van der Waals surface area contributed by atoms with Crippen molar-refractivity contribution in [3.05, 3.63) is 69.2 Å². The van der Waals surface area contributed by atoms with E-state index in [-0.39, 0.29) is 5.69 Å². The maximum atomic E-state index is 12.4. The van der Waals surface area contributed by atoms with Gasteiger partial charge in [-0.2, -0.15) is 4.98 Å². The molecule has 0 radical (unpaired) electrons. The number of aromatic amines is 2. The lowest BCUT2D eigenvalue weighted by Crippen LogP contribution is -2.18. The first-order valence-electron chi connectivity index (χ1n) is 8.52. The second-order valence-corrected chi connectivity index (χ2v) is 6.71. The summed E-state index contributed by atoms with van der Waals surface area (Å²) >= 11 is 6.10. The second-order valence-electron chi connectivity index (χ2n) is 6.27. The summed E-state index contributed by atoms with van der Waals surface area (Å²) in [6, 6.07) is 5.64. The van der Waals surface area contributed by atoms with Crippen molar-refractivity contribution in [1.82, 2.24) is 29.5 Å². The zero-order valence-electron chi connectivity index (χ0n) is 14.7. The SMILES string of the molecule is Cc1ccc(Cl)cc1Cn1c(=O)[nH]c2cnc(NCCc3cnc[nH]3)nc21. The van der Waals surface area contributed by atoms with Gasteiger partial charge in [-0.1, -0.05) is 17.7 Å². The van der Waals surface area contributed by atoms with E-state index in [1.165, 1.54) is 0 Å². The molecular weight excluding hydrogens is 366 g/mol. The molecule has 0 fully saturated rings. The van der Waals surface area contributed by atoms with E-state index in [1.807, 2.05) is 25.1 Å². The predicted octanol–water partition coefficient (Wildman–Crippen LogP) is 2.51. The van der Waals surface area contributed by atoms with Crippen molar-refractivity contribution in [1.29, 1.82) is 0 Å². The van der Waals surface area contributed by atoms with E-state index in [2.05, 4.69) is 30.2 Å². The summed E-state index contributed by atoms with van der Waals surface area (Å²) in [5.41, 5.74) is 3.98. The van der Waals surface area contributed by atoms with Gasteiger partial charge in [0.2, 0.25) is 5.95 Å². The molecule has 0 spiro atoms. The van der Waals surface area contributed by atoms with Crippen LogP contribution in [0.4, 0.5) is 5.95 Å². The predicted molar refractivity (Wildman–Crippen MR) is 104 cm³/mol. The molecule has 0 saturated carbocycles. The molecule has 3 heterocycles. The molecule has 4 aromatic rings. The minimum Gasteiger partial charge on any atom is -0.354 e. The van der Waals surface area contributed by atoms with E-state index in [9.17, 15) is 4.79 Å². The van der Waals surface area contributed by atoms with Crippen LogP contribution >= 0.6 is 11.6 Å². The Morgan fingerprint density at radius 3 is 3.00 bits per heavy atom. The Bertz CT molecular complexity index is 1130. The Labute approximate surface area is 159 Å². The van der Waals surface area contributed by atoms with E-state index in [0.29, 0.717) is 35.2 Å². The summed E-state index contributed by atoms with van der Waals surface area (Å²) in [6.07, 6.45) is 5.81. The fourth-order valence-electron chi connectivity index (χ4n) is 2.89. The molecule has 0 aliphatic rings. The number of nitrogens with one attached hydrogen (secondary N) is 3. The largest absolute Gasteiger partial charge is 0.354 e. The number of rotatable bonds is 6. The van der Waals surface area contributed by atoms with Crippen LogP contribution in [0.2, 0.25) is 5.02 Å². The fraction of sp³-hybridized carbons (Fsp3) is 0.222. The molecule has 27 heavy (non-hydrogen) atoms. The molecule has 0 aliphatic carbocycles. The summed E-state index contributed by atoms with van der Waals surface area (Å²) in [4.78, 5) is 31.0. The van der Waals surface area contributed by atoms with Crippen LogP contribution in [0.3, 0.4) is 0 Å². The maximum absolute atomic E-state index is 12.4. The number of H-pyrrole nitrogens is 2. The third-order valence-corrected chi connectivity index (χ3v) is 4.62. The van der Waals surface area contributed by atoms with E-state index in [4.69, 9.17) is 11.6 Å². The highest BCUT2D eigenvalue weighted by Crippen LogP contribution is 2.18. The Kier molecular flexibility index (Phi) is 4.64. The van der Waals surface area contributed by atoms with Gasteiger partial charge in [-0.05, 0) is 30.2 Å². The lowest BCUT2D eigenvalue weighted by atomic mass is 10.1. The number of hydrogen-bond acceptors (Lipinski definition) is 5. The number of benzene rings is 1. The highest BCUT2D eigenvalue weighted by atomic mass is 35.5. The second kappa shape index (κ2) is 7.24. The Morgan fingerprint density at radius 2 is 2.19 bits per heavy atom. The third kappa shape index (κ3) is 3.70.